The Morgan fingerprint density at radius 1 is 1.41 bits per heavy atom. The van der Waals surface area contributed by atoms with E-state index < -0.39 is 5.82 Å². The van der Waals surface area contributed by atoms with Crippen LogP contribution in [0.5, 0.6) is 0 Å². The van der Waals surface area contributed by atoms with Crippen LogP contribution in [0.2, 0.25) is 0 Å². The summed E-state index contributed by atoms with van der Waals surface area (Å²) in [7, 11) is 0. The van der Waals surface area contributed by atoms with Crippen LogP contribution in [0, 0.1) is 11.6 Å². The standard InChI is InChI=1S/C13H17F2NS/c1-3-6-16-8-10(2)9-17-13-7-11(14)4-5-12(13)15/h4-5,7,16H,2-3,6,8-9H2,1H3. The molecule has 4 heteroatoms. The fourth-order valence-corrected chi connectivity index (χ4v) is 2.12. The van der Waals surface area contributed by atoms with Gasteiger partial charge in [0, 0.05) is 17.2 Å². The molecule has 0 bridgehead atoms. The largest absolute Gasteiger partial charge is 0.313 e. The van der Waals surface area contributed by atoms with Crippen molar-refractivity contribution in [3.05, 3.63) is 42.0 Å². The maximum absolute atomic E-state index is 13.3. The van der Waals surface area contributed by atoms with E-state index in [2.05, 4.69) is 18.8 Å². The van der Waals surface area contributed by atoms with E-state index in [-0.39, 0.29) is 5.82 Å². The van der Waals surface area contributed by atoms with Gasteiger partial charge in [-0.15, -0.1) is 11.8 Å². The zero-order valence-corrected chi connectivity index (χ0v) is 10.7. The van der Waals surface area contributed by atoms with E-state index in [0.717, 1.165) is 37.2 Å². The van der Waals surface area contributed by atoms with E-state index in [9.17, 15) is 8.78 Å². The first-order chi connectivity index (χ1) is 8.13. The molecule has 17 heavy (non-hydrogen) atoms. The fourth-order valence-electron chi connectivity index (χ4n) is 1.26. The summed E-state index contributed by atoms with van der Waals surface area (Å²) in [4.78, 5) is 0.335. The van der Waals surface area contributed by atoms with Crippen molar-refractivity contribution in [1.82, 2.24) is 5.32 Å². The second-order valence-electron chi connectivity index (χ2n) is 3.79. The fraction of sp³-hybridized carbons (Fsp3) is 0.385. The third-order valence-corrected chi connectivity index (χ3v) is 3.30. The highest BCUT2D eigenvalue weighted by molar-refractivity contribution is 7.99. The summed E-state index contributed by atoms with van der Waals surface area (Å²) in [5.41, 5.74) is 0.979. The summed E-state index contributed by atoms with van der Waals surface area (Å²) in [6.45, 7) is 7.65. The number of benzene rings is 1. The van der Waals surface area contributed by atoms with Crippen molar-refractivity contribution in [2.45, 2.75) is 18.2 Å². The SMILES string of the molecule is C=C(CNCCC)CSc1cc(F)ccc1F. The molecule has 0 fully saturated rings. The van der Waals surface area contributed by atoms with Crippen LogP contribution in [0.1, 0.15) is 13.3 Å². The van der Waals surface area contributed by atoms with Gasteiger partial charge in [0.1, 0.15) is 11.6 Å². The van der Waals surface area contributed by atoms with Gasteiger partial charge in [0.15, 0.2) is 0 Å². The average Bonchev–Trinajstić information content (AvgIpc) is 2.31. The third kappa shape index (κ3) is 5.33. The number of nitrogens with one attached hydrogen (secondary N) is 1. The molecule has 0 saturated heterocycles. The molecule has 1 aromatic rings. The van der Waals surface area contributed by atoms with Gasteiger partial charge in [0.05, 0.1) is 0 Å². The van der Waals surface area contributed by atoms with E-state index in [1.54, 1.807) is 0 Å². The monoisotopic (exact) mass is 257 g/mol. The molecule has 0 aliphatic carbocycles. The van der Waals surface area contributed by atoms with E-state index >= 15 is 0 Å². The molecule has 1 N–H and O–H groups in total. The summed E-state index contributed by atoms with van der Waals surface area (Å²) in [6.07, 6.45) is 1.07. The minimum atomic E-state index is -0.413. The summed E-state index contributed by atoms with van der Waals surface area (Å²) < 4.78 is 26.2. The molecule has 1 rings (SSSR count). The van der Waals surface area contributed by atoms with Gasteiger partial charge in [0.25, 0.3) is 0 Å². The Balaban J connectivity index is 2.39. The molecule has 94 valence electrons. The predicted octanol–water partition coefficient (Wildman–Crippen LogP) is 3.61. The van der Waals surface area contributed by atoms with E-state index in [4.69, 9.17) is 0 Å². The lowest BCUT2D eigenvalue weighted by Crippen LogP contribution is -2.18. The van der Waals surface area contributed by atoms with Crippen molar-refractivity contribution in [3.63, 3.8) is 0 Å². The zero-order valence-electron chi connectivity index (χ0n) is 9.93. The third-order valence-electron chi connectivity index (χ3n) is 2.13. The number of hydrogen-bond donors (Lipinski definition) is 1. The molecule has 0 aromatic heterocycles. The molecule has 0 radical (unpaired) electrons. The van der Waals surface area contributed by atoms with Gasteiger partial charge in [-0.1, -0.05) is 19.1 Å². The van der Waals surface area contributed by atoms with Crippen molar-refractivity contribution < 1.29 is 8.78 Å². The molecular formula is C13H17F2NS. The van der Waals surface area contributed by atoms with Crippen LogP contribution in [0.4, 0.5) is 8.78 Å². The van der Waals surface area contributed by atoms with Crippen molar-refractivity contribution >= 4 is 11.8 Å². The van der Waals surface area contributed by atoms with Gasteiger partial charge in [-0.25, -0.2) is 8.78 Å². The van der Waals surface area contributed by atoms with Gasteiger partial charge in [-0.2, -0.15) is 0 Å². The van der Waals surface area contributed by atoms with E-state index in [0.29, 0.717) is 10.6 Å². The molecule has 0 amide bonds. The number of rotatable bonds is 7. The number of thioether (sulfide) groups is 1. The topological polar surface area (TPSA) is 12.0 Å². The van der Waals surface area contributed by atoms with E-state index in [1.807, 2.05) is 0 Å². The maximum Gasteiger partial charge on any atom is 0.136 e. The van der Waals surface area contributed by atoms with Crippen molar-refractivity contribution in [2.24, 2.45) is 0 Å². The molecular weight excluding hydrogens is 240 g/mol. The Bertz CT molecular complexity index is 380. The van der Waals surface area contributed by atoms with Crippen LogP contribution in [0.15, 0.2) is 35.2 Å². The summed E-state index contributed by atoms with van der Waals surface area (Å²) >= 11 is 1.27. The average molecular weight is 257 g/mol. The summed E-state index contributed by atoms with van der Waals surface area (Å²) in [6, 6.07) is 3.49. The summed E-state index contributed by atoms with van der Waals surface area (Å²) in [5.74, 6) is -0.203. The second-order valence-corrected chi connectivity index (χ2v) is 4.81. The second kappa shape index (κ2) is 7.45. The molecule has 1 aromatic carbocycles. The molecule has 0 aliphatic heterocycles. The summed E-state index contributed by atoms with van der Waals surface area (Å²) in [5, 5.41) is 3.22. The molecule has 0 atom stereocenters. The lowest BCUT2D eigenvalue weighted by atomic mass is 10.3. The molecule has 0 unspecified atom stereocenters. The minimum Gasteiger partial charge on any atom is -0.313 e. The van der Waals surface area contributed by atoms with Crippen LogP contribution in [0.3, 0.4) is 0 Å². The molecule has 0 saturated carbocycles. The first-order valence-electron chi connectivity index (χ1n) is 5.58. The predicted molar refractivity (Wildman–Crippen MR) is 69.4 cm³/mol. The molecule has 0 spiro atoms. The van der Waals surface area contributed by atoms with Crippen LogP contribution in [-0.4, -0.2) is 18.8 Å². The van der Waals surface area contributed by atoms with Crippen molar-refractivity contribution in [2.75, 3.05) is 18.8 Å². The molecule has 0 aliphatic rings. The first kappa shape index (κ1) is 14.2. The lowest BCUT2D eigenvalue weighted by molar-refractivity contribution is 0.577. The van der Waals surface area contributed by atoms with Crippen LogP contribution in [-0.2, 0) is 0 Å². The van der Waals surface area contributed by atoms with Crippen molar-refractivity contribution in [3.8, 4) is 0 Å². The van der Waals surface area contributed by atoms with Gasteiger partial charge in [0.2, 0.25) is 0 Å². The smallest absolute Gasteiger partial charge is 0.136 e. The van der Waals surface area contributed by atoms with E-state index in [1.165, 1.54) is 17.8 Å². The van der Waals surface area contributed by atoms with Crippen LogP contribution in [0.25, 0.3) is 0 Å². The first-order valence-corrected chi connectivity index (χ1v) is 6.57. The highest BCUT2D eigenvalue weighted by atomic mass is 32.2. The Hall–Kier alpha value is -0.870. The number of hydrogen-bond acceptors (Lipinski definition) is 2. The van der Waals surface area contributed by atoms with Crippen LogP contribution >= 0.6 is 11.8 Å². The Kier molecular flexibility index (Phi) is 6.22. The van der Waals surface area contributed by atoms with Gasteiger partial charge < -0.3 is 5.32 Å². The van der Waals surface area contributed by atoms with Gasteiger partial charge >= 0.3 is 0 Å². The van der Waals surface area contributed by atoms with Gasteiger partial charge in [-0.05, 0) is 31.2 Å². The van der Waals surface area contributed by atoms with Crippen molar-refractivity contribution in [1.29, 1.82) is 0 Å². The van der Waals surface area contributed by atoms with Gasteiger partial charge in [-0.3, -0.25) is 0 Å². The molecule has 1 nitrogen and oxygen atoms in total. The Labute approximate surface area is 105 Å². The zero-order chi connectivity index (χ0) is 12.7. The molecule has 0 heterocycles. The Morgan fingerprint density at radius 3 is 2.88 bits per heavy atom. The highest BCUT2D eigenvalue weighted by Crippen LogP contribution is 2.23. The minimum absolute atomic E-state index is 0.335. The lowest BCUT2D eigenvalue weighted by Gasteiger charge is -2.07. The van der Waals surface area contributed by atoms with Crippen LogP contribution < -0.4 is 5.32 Å². The maximum atomic E-state index is 13.3. The normalized spacial score (nSPS) is 10.5. The quantitative estimate of drug-likeness (QED) is 0.455. The Morgan fingerprint density at radius 2 is 2.18 bits per heavy atom. The number of halogens is 2. The highest BCUT2D eigenvalue weighted by Gasteiger charge is 2.05.